The molecule has 0 saturated heterocycles. The van der Waals surface area contributed by atoms with Crippen molar-refractivity contribution in [3.63, 3.8) is 0 Å². The molecule has 1 fully saturated rings. The Kier molecular flexibility index (Phi) is 7.23. The molecule has 0 aromatic rings. The van der Waals surface area contributed by atoms with Crippen molar-refractivity contribution in [2.24, 2.45) is 10.8 Å². The summed E-state index contributed by atoms with van der Waals surface area (Å²) in [7, 11) is 0. The van der Waals surface area contributed by atoms with Crippen LogP contribution in [-0.4, -0.2) is 11.9 Å². The van der Waals surface area contributed by atoms with Gasteiger partial charge in [-0.3, -0.25) is 4.99 Å². The van der Waals surface area contributed by atoms with Gasteiger partial charge in [0, 0.05) is 6.42 Å². The number of hydrogen-bond acceptors (Lipinski definition) is 2. The van der Waals surface area contributed by atoms with Crippen LogP contribution in [0.1, 0.15) is 71.1 Å². The minimum Gasteiger partial charge on any atom is -0.312 e. The Bertz CT molecular complexity index is 197. The van der Waals surface area contributed by atoms with Crippen molar-refractivity contribution in [1.29, 1.82) is 0 Å². The van der Waals surface area contributed by atoms with Crippen LogP contribution >= 0.6 is 0 Å². The van der Waals surface area contributed by atoms with E-state index in [4.69, 9.17) is 5.84 Å². The Morgan fingerprint density at radius 2 is 1.75 bits per heavy atom. The molecule has 0 aromatic carbocycles. The van der Waals surface area contributed by atoms with Gasteiger partial charge in [-0.25, -0.2) is 5.84 Å². The molecule has 0 aromatic heterocycles. The number of unbranched alkanes of at least 4 members (excludes halogenated alkanes) is 6. The zero-order valence-corrected chi connectivity index (χ0v) is 10.7. The molecule has 1 aliphatic carbocycles. The lowest BCUT2D eigenvalue weighted by Gasteiger charge is -2.05. The molecule has 3 nitrogen and oxygen atoms in total. The number of hydrazine groups is 1. The van der Waals surface area contributed by atoms with E-state index in [9.17, 15) is 0 Å². The molecule has 0 aliphatic heterocycles. The molecule has 3 heteroatoms. The quantitative estimate of drug-likeness (QED) is 0.208. The number of nitrogens with two attached hydrogens (primary N) is 1. The summed E-state index contributed by atoms with van der Waals surface area (Å²) in [4.78, 5) is 4.53. The molecular formula is C13H27N3. The number of rotatable bonds is 9. The average molecular weight is 225 g/mol. The Morgan fingerprint density at radius 1 is 1.12 bits per heavy atom. The lowest BCUT2D eigenvalue weighted by atomic mass is 10.1. The van der Waals surface area contributed by atoms with Crippen LogP contribution in [0.4, 0.5) is 0 Å². The van der Waals surface area contributed by atoms with Crippen LogP contribution in [0.25, 0.3) is 0 Å². The maximum absolute atomic E-state index is 5.45. The lowest BCUT2D eigenvalue weighted by Crippen LogP contribution is -2.30. The van der Waals surface area contributed by atoms with Crippen molar-refractivity contribution < 1.29 is 0 Å². The van der Waals surface area contributed by atoms with Gasteiger partial charge < -0.3 is 5.43 Å². The summed E-state index contributed by atoms with van der Waals surface area (Å²) in [5, 5.41) is 0. The van der Waals surface area contributed by atoms with Crippen LogP contribution in [-0.2, 0) is 0 Å². The topological polar surface area (TPSA) is 50.4 Å². The van der Waals surface area contributed by atoms with Gasteiger partial charge in [-0.05, 0) is 19.3 Å². The van der Waals surface area contributed by atoms with Crippen molar-refractivity contribution in [2.45, 2.75) is 77.2 Å². The molecule has 0 amide bonds. The highest BCUT2D eigenvalue weighted by Gasteiger charge is 2.20. The smallest absolute Gasteiger partial charge is 0.111 e. The minimum atomic E-state index is 0.579. The highest BCUT2D eigenvalue weighted by Crippen LogP contribution is 2.23. The van der Waals surface area contributed by atoms with Gasteiger partial charge in [0.1, 0.15) is 5.84 Å². The second-order valence-electron chi connectivity index (χ2n) is 4.82. The first-order valence-corrected chi connectivity index (χ1v) is 6.90. The summed E-state index contributed by atoms with van der Waals surface area (Å²) in [6, 6.07) is 0.579. The molecular weight excluding hydrogens is 198 g/mol. The summed E-state index contributed by atoms with van der Waals surface area (Å²) in [5.41, 5.74) is 2.73. The predicted octanol–water partition coefficient (Wildman–Crippen LogP) is 3.15. The van der Waals surface area contributed by atoms with E-state index in [2.05, 4.69) is 17.3 Å². The van der Waals surface area contributed by atoms with E-state index in [-0.39, 0.29) is 0 Å². The summed E-state index contributed by atoms with van der Waals surface area (Å²) >= 11 is 0. The van der Waals surface area contributed by atoms with E-state index in [0.717, 1.165) is 12.3 Å². The van der Waals surface area contributed by atoms with Gasteiger partial charge in [0.25, 0.3) is 0 Å². The van der Waals surface area contributed by atoms with Crippen LogP contribution < -0.4 is 11.3 Å². The first-order valence-electron chi connectivity index (χ1n) is 6.90. The van der Waals surface area contributed by atoms with Crippen LogP contribution in [0.5, 0.6) is 0 Å². The van der Waals surface area contributed by atoms with Gasteiger partial charge in [-0.2, -0.15) is 0 Å². The maximum atomic E-state index is 5.45. The number of aliphatic imine (C=N–C) groups is 1. The highest BCUT2D eigenvalue weighted by molar-refractivity contribution is 5.81. The Balaban J connectivity index is 1.92. The average Bonchev–Trinajstić information content (AvgIpc) is 3.10. The summed E-state index contributed by atoms with van der Waals surface area (Å²) in [5.74, 6) is 6.46. The second-order valence-corrected chi connectivity index (χ2v) is 4.82. The first-order chi connectivity index (χ1) is 7.86. The van der Waals surface area contributed by atoms with Crippen LogP contribution in [0.15, 0.2) is 4.99 Å². The third-order valence-corrected chi connectivity index (χ3v) is 3.07. The van der Waals surface area contributed by atoms with Crippen LogP contribution in [0, 0.1) is 0 Å². The summed E-state index contributed by atoms with van der Waals surface area (Å²) in [6.45, 7) is 2.26. The number of nitrogens with one attached hydrogen (secondary N) is 1. The fraction of sp³-hybridized carbons (Fsp3) is 0.923. The molecule has 0 spiro atoms. The lowest BCUT2D eigenvalue weighted by molar-refractivity contribution is 0.593. The zero-order chi connectivity index (χ0) is 11.6. The molecule has 1 aliphatic rings. The fourth-order valence-electron chi connectivity index (χ4n) is 1.85. The normalized spacial score (nSPS) is 16.5. The van der Waals surface area contributed by atoms with E-state index in [0.29, 0.717) is 6.04 Å². The van der Waals surface area contributed by atoms with Crippen LogP contribution in [0.2, 0.25) is 0 Å². The maximum Gasteiger partial charge on any atom is 0.111 e. The van der Waals surface area contributed by atoms with Crippen molar-refractivity contribution in [2.75, 3.05) is 0 Å². The molecule has 0 radical (unpaired) electrons. The zero-order valence-electron chi connectivity index (χ0n) is 10.7. The Labute approximate surface area is 99.9 Å². The van der Waals surface area contributed by atoms with Crippen molar-refractivity contribution in [3.05, 3.63) is 0 Å². The Hall–Kier alpha value is -0.570. The van der Waals surface area contributed by atoms with Gasteiger partial charge >= 0.3 is 0 Å². The molecule has 1 saturated carbocycles. The van der Waals surface area contributed by atoms with Crippen molar-refractivity contribution >= 4 is 5.84 Å². The molecule has 1 rings (SSSR count). The highest BCUT2D eigenvalue weighted by atomic mass is 15.3. The molecule has 0 bridgehead atoms. The van der Waals surface area contributed by atoms with Gasteiger partial charge in [0.2, 0.25) is 0 Å². The third-order valence-electron chi connectivity index (χ3n) is 3.07. The van der Waals surface area contributed by atoms with Gasteiger partial charge in [0.05, 0.1) is 6.04 Å². The third kappa shape index (κ3) is 6.83. The molecule has 94 valence electrons. The standard InChI is InChI=1S/C13H27N3/c1-2-3-4-5-6-7-8-9-13(16-14)15-12-10-11-12/h12H,2-11,14H2,1H3,(H,15,16). The summed E-state index contributed by atoms with van der Waals surface area (Å²) in [6.07, 6.45) is 12.9. The SMILES string of the molecule is CCCCCCCCCC(=NC1CC1)NN. The summed E-state index contributed by atoms with van der Waals surface area (Å²) < 4.78 is 0. The number of nitrogens with zero attached hydrogens (tertiary/aromatic N) is 1. The molecule has 0 unspecified atom stereocenters. The number of amidine groups is 1. The van der Waals surface area contributed by atoms with Gasteiger partial charge in [-0.15, -0.1) is 0 Å². The van der Waals surface area contributed by atoms with Crippen molar-refractivity contribution in [3.8, 4) is 0 Å². The van der Waals surface area contributed by atoms with Crippen LogP contribution in [0.3, 0.4) is 0 Å². The minimum absolute atomic E-state index is 0.579. The van der Waals surface area contributed by atoms with E-state index < -0.39 is 0 Å². The first kappa shape index (κ1) is 13.5. The molecule has 0 atom stereocenters. The van der Waals surface area contributed by atoms with E-state index in [1.807, 2.05) is 0 Å². The Morgan fingerprint density at radius 3 is 2.31 bits per heavy atom. The van der Waals surface area contributed by atoms with E-state index in [1.165, 1.54) is 57.8 Å². The van der Waals surface area contributed by atoms with Gasteiger partial charge in [0.15, 0.2) is 0 Å². The van der Waals surface area contributed by atoms with Crippen molar-refractivity contribution in [1.82, 2.24) is 5.43 Å². The van der Waals surface area contributed by atoms with E-state index in [1.54, 1.807) is 0 Å². The number of hydrogen-bond donors (Lipinski definition) is 2. The molecule has 16 heavy (non-hydrogen) atoms. The molecule has 0 heterocycles. The molecule has 3 N–H and O–H groups in total. The monoisotopic (exact) mass is 225 g/mol. The second kappa shape index (κ2) is 8.57. The largest absolute Gasteiger partial charge is 0.312 e. The van der Waals surface area contributed by atoms with E-state index >= 15 is 0 Å². The fourth-order valence-corrected chi connectivity index (χ4v) is 1.85. The predicted molar refractivity (Wildman–Crippen MR) is 70.4 cm³/mol. The van der Waals surface area contributed by atoms with Gasteiger partial charge in [-0.1, -0.05) is 45.4 Å².